The number of rotatable bonds is 7. The summed E-state index contributed by atoms with van der Waals surface area (Å²) in [6.45, 7) is 5.48. The van der Waals surface area contributed by atoms with Crippen molar-refractivity contribution in [3.63, 3.8) is 0 Å². The molecule has 1 aliphatic heterocycles. The number of urea groups is 1. The van der Waals surface area contributed by atoms with Gasteiger partial charge in [0.25, 0.3) is 0 Å². The summed E-state index contributed by atoms with van der Waals surface area (Å²) in [6, 6.07) is 8.36. The maximum atomic E-state index is 12.5. The van der Waals surface area contributed by atoms with Gasteiger partial charge in [-0.05, 0) is 44.7 Å². The molecular formula is C21H31N3O4. The number of aliphatic carboxylic acids is 1. The number of carbonyl (C=O) groups excluding carboxylic acids is 1. The third-order valence-electron chi connectivity index (χ3n) is 5.75. The Labute approximate surface area is 166 Å². The highest BCUT2D eigenvalue weighted by Crippen LogP contribution is 2.29. The zero-order valence-electron chi connectivity index (χ0n) is 16.7. The van der Waals surface area contributed by atoms with Crippen LogP contribution in [-0.4, -0.2) is 59.8 Å². The van der Waals surface area contributed by atoms with E-state index in [4.69, 9.17) is 9.84 Å². The molecule has 2 atom stereocenters. The van der Waals surface area contributed by atoms with E-state index in [-0.39, 0.29) is 36.8 Å². The van der Waals surface area contributed by atoms with Crippen molar-refractivity contribution in [2.24, 2.45) is 0 Å². The quantitative estimate of drug-likeness (QED) is 0.666. The minimum atomic E-state index is -0.810. The van der Waals surface area contributed by atoms with E-state index >= 15 is 0 Å². The summed E-state index contributed by atoms with van der Waals surface area (Å²) in [7, 11) is 0. The number of carboxylic acids is 1. The minimum Gasteiger partial charge on any atom is -0.480 e. The van der Waals surface area contributed by atoms with E-state index in [2.05, 4.69) is 41.8 Å². The summed E-state index contributed by atoms with van der Waals surface area (Å²) in [6.07, 6.45) is 3.27. The summed E-state index contributed by atoms with van der Waals surface area (Å²) in [5, 5.41) is 15.1. The topological polar surface area (TPSA) is 90.9 Å². The Balaban J connectivity index is 1.49. The molecule has 1 aromatic rings. The Hall–Kier alpha value is -2.12. The van der Waals surface area contributed by atoms with Crippen LogP contribution in [0.15, 0.2) is 24.3 Å². The number of ether oxygens (including phenoxy) is 1. The van der Waals surface area contributed by atoms with Gasteiger partial charge in [-0.1, -0.05) is 36.8 Å². The minimum absolute atomic E-state index is 0.0496. The number of carbonyl (C=O) groups is 2. The molecule has 2 fully saturated rings. The third kappa shape index (κ3) is 5.23. The molecule has 7 heteroatoms. The van der Waals surface area contributed by atoms with Gasteiger partial charge in [0, 0.05) is 18.7 Å². The van der Waals surface area contributed by atoms with Gasteiger partial charge in [0.1, 0.15) is 6.10 Å². The first kappa shape index (κ1) is 20.6. The van der Waals surface area contributed by atoms with Gasteiger partial charge in [0.2, 0.25) is 0 Å². The molecule has 0 radical (unpaired) electrons. The lowest BCUT2D eigenvalue weighted by Gasteiger charge is -2.42. The van der Waals surface area contributed by atoms with Crippen molar-refractivity contribution >= 4 is 12.0 Å². The van der Waals surface area contributed by atoms with Crippen LogP contribution < -0.4 is 10.6 Å². The highest BCUT2D eigenvalue weighted by Gasteiger charge is 2.35. The van der Waals surface area contributed by atoms with E-state index in [9.17, 15) is 9.59 Å². The monoisotopic (exact) mass is 389 g/mol. The van der Waals surface area contributed by atoms with Gasteiger partial charge < -0.3 is 20.5 Å². The highest BCUT2D eigenvalue weighted by molar-refractivity contribution is 5.75. The molecule has 1 aromatic carbocycles. The Morgan fingerprint density at radius 3 is 2.57 bits per heavy atom. The average Bonchev–Trinajstić information content (AvgIpc) is 2.64. The van der Waals surface area contributed by atoms with Gasteiger partial charge >= 0.3 is 12.0 Å². The summed E-state index contributed by atoms with van der Waals surface area (Å²) < 4.78 is 5.96. The van der Waals surface area contributed by atoms with Crippen LogP contribution in [0.1, 0.15) is 49.8 Å². The van der Waals surface area contributed by atoms with Crippen molar-refractivity contribution in [1.29, 1.82) is 0 Å². The van der Waals surface area contributed by atoms with Crippen LogP contribution in [0, 0.1) is 6.92 Å². The van der Waals surface area contributed by atoms with Gasteiger partial charge in [0.15, 0.2) is 0 Å². The molecular weight excluding hydrogens is 358 g/mol. The summed E-state index contributed by atoms with van der Waals surface area (Å²) in [5.41, 5.74) is 2.29. The van der Waals surface area contributed by atoms with E-state index < -0.39 is 5.97 Å². The molecule has 0 spiro atoms. The second-order valence-corrected chi connectivity index (χ2v) is 7.85. The van der Waals surface area contributed by atoms with Crippen molar-refractivity contribution in [1.82, 2.24) is 15.5 Å². The molecule has 3 N–H and O–H groups in total. The zero-order valence-corrected chi connectivity index (χ0v) is 16.7. The number of amides is 2. The first-order valence-corrected chi connectivity index (χ1v) is 10.2. The normalized spacial score (nSPS) is 27.1. The number of hydrogen-bond donors (Lipinski definition) is 3. The number of nitrogens with one attached hydrogen (secondary N) is 2. The third-order valence-corrected chi connectivity index (χ3v) is 5.75. The number of nitrogens with zero attached hydrogens (tertiary/aromatic N) is 1. The molecule has 1 aliphatic carbocycles. The molecule has 2 amide bonds. The van der Waals surface area contributed by atoms with Gasteiger partial charge in [-0.25, -0.2) is 4.79 Å². The number of carboxylic acid groups (broad SMARTS) is 1. The fourth-order valence-corrected chi connectivity index (χ4v) is 4.09. The van der Waals surface area contributed by atoms with Crippen LogP contribution in [0.25, 0.3) is 0 Å². The van der Waals surface area contributed by atoms with Crippen LogP contribution >= 0.6 is 0 Å². The van der Waals surface area contributed by atoms with Crippen LogP contribution in [0.3, 0.4) is 0 Å². The van der Waals surface area contributed by atoms with Gasteiger partial charge in [-0.3, -0.25) is 9.69 Å². The lowest BCUT2D eigenvalue weighted by Crippen LogP contribution is -2.57. The van der Waals surface area contributed by atoms with Crippen molar-refractivity contribution < 1.29 is 19.4 Å². The Morgan fingerprint density at radius 2 is 1.93 bits per heavy atom. The van der Waals surface area contributed by atoms with Crippen molar-refractivity contribution in [2.45, 2.75) is 63.8 Å². The number of hydrogen-bond acceptors (Lipinski definition) is 4. The SMILES string of the molecule is CCN(CC(=O)O)C1CC(NC(=O)NC2CCCOC2c2ccc(C)cc2)C1. The van der Waals surface area contributed by atoms with Crippen molar-refractivity contribution in [3.05, 3.63) is 35.4 Å². The summed E-state index contributed by atoms with van der Waals surface area (Å²) in [5.74, 6) is -0.810. The standard InChI is InChI=1S/C21H31N3O4/c1-3-24(13-19(25)26)17-11-16(12-17)22-21(27)23-18-5-4-10-28-20(18)15-8-6-14(2)7-9-15/h6-9,16-18,20H,3-5,10-13H2,1-2H3,(H,25,26)(H2,22,23,27). The van der Waals surface area contributed by atoms with E-state index in [0.29, 0.717) is 13.2 Å². The molecule has 0 bridgehead atoms. The maximum Gasteiger partial charge on any atom is 0.317 e. The molecule has 2 aliphatic rings. The summed E-state index contributed by atoms with van der Waals surface area (Å²) >= 11 is 0. The largest absolute Gasteiger partial charge is 0.480 e. The van der Waals surface area contributed by atoms with Gasteiger partial charge in [-0.15, -0.1) is 0 Å². The van der Waals surface area contributed by atoms with E-state index in [1.807, 2.05) is 11.8 Å². The van der Waals surface area contributed by atoms with E-state index in [0.717, 1.165) is 31.2 Å². The second kappa shape index (κ2) is 9.39. The highest BCUT2D eigenvalue weighted by atomic mass is 16.5. The number of benzene rings is 1. The Morgan fingerprint density at radius 1 is 1.21 bits per heavy atom. The molecule has 1 heterocycles. The van der Waals surface area contributed by atoms with Crippen molar-refractivity contribution in [2.75, 3.05) is 19.7 Å². The van der Waals surface area contributed by atoms with Crippen LogP contribution in [-0.2, 0) is 9.53 Å². The molecule has 28 heavy (non-hydrogen) atoms. The van der Waals surface area contributed by atoms with Crippen molar-refractivity contribution in [3.8, 4) is 0 Å². The zero-order chi connectivity index (χ0) is 20.1. The average molecular weight is 389 g/mol. The molecule has 3 rings (SSSR count). The molecule has 1 saturated heterocycles. The molecule has 2 unspecified atom stereocenters. The predicted molar refractivity (Wildman–Crippen MR) is 106 cm³/mol. The van der Waals surface area contributed by atoms with Crippen LogP contribution in [0.2, 0.25) is 0 Å². The predicted octanol–water partition coefficient (Wildman–Crippen LogP) is 2.45. The first-order valence-electron chi connectivity index (χ1n) is 10.2. The fourth-order valence-electron chi connectivity index (χ4n) is 4.09. The smallest absolute Gasteiger partial charge is 0.317 e. The fraction of sp³-hybridized carbons (Fsp3) is 0.619. The van der Waals surface area contributed by atoms with E-state index in [1.54, 1.807) is 0 Å². The van der Waals surface area contributed by atoms with Gasteiger partial charge in [0.05, 0.1) is 12.6 Å². The molecule has 154 valence electrons. The molecule has 1 saturated carbocycles. The summed E-state index contributed by atoms with van der Waals surface area (Å²) in [4.78, 5) is 25.4. The number of likely N-dealkylation sites (N-methyl/N-ethyl adjacent to an activating group) is 1. The van der Waals surface area contributed by atoms with Gasteiger partial charge in [-0.2, -0.15) is 0 Å². The first-order chi connectivity index (χ1) is 13.5. The molecule has 7 nitrogen and oxygen atoms in total. The lowest BCUT2D eigenvalue weighted by atomic mass is 9.85. The Bertz CT molecular complexity index is 673. The maximum absolute atomic E-state index is 12.5. The van der Waals surface area contributed by atoms with Crippen LogP contribution in [0.4, 0.5) is 4.79 Å². The lowest BCUT2D eigenvalue weighted by molar-refractivity contribution is -0.139. The van der Waals surface area contributed by atoms with E-state index in [1.165, 1.54) is 5.56 Å². The van der Waals surface area contributed by atoms with Crippen LogP contribution in [0.5, 0.6) is 0 Å². The number of aryl methyl sites for hydroxylation is 1. The molecule has 0 aromatic heterocycles. The Kier molecular flexibility index (Phi) is 6.91. The second-order valence-electron chi connectivity index (χ2n) is 7.85.